The minimum absolute atomic E-state index is 0.0480. The average molecular weight is 391 g/mol. The highest BCUT2D eigenvalue weighted by Gasteiger charge is 2.24. The fraction of sp³-hybridized carbons (Fsp3) is 0.273. The molecule has 0 bridgehead atoms. The van der Waals surface area contributed by atoms with Crippen LogP contribution in [0, 0.1) is 0 Å². The molecular weight excluding hydrogens is 370 g/mol. The van der Waals surface area contributed by atoms with Gasteiger partial charge in [-0.3, -0.25) is 9.59 Å². The molecule has 0 unspecified atom stereocenters. The third-order valence-corrected chi connectivity index (χ3v) is 4.99. The van der Waals surface area contributed by atoms with E-state index in [0.717, 1.165) is 17.7 Å². The van der Waals surface area contributed by atoms with Gasteiger partial charge in [-0.05, 0) is 30.2 Å². The van der Waals surface area contributed by atoms with Gasteiger partial charge >= 0.3 is 5.97 Å². The first-order chi connectivity index (χ1) is 14.1. The molecule has 0 spiro atoms. The first-order valence-corrected chi connectivity index (χ1v) is 9.62. The zero-order valence-corrected chi connectivity index (χ0v) is 15.9. The van der Waals surface area contributed by atoms with E-state index in [9.17, 15) is 14.4 Å². The summed E-state index contributed by atoms with van der Waals surface area (Å²) in [6, 6.07) is 16.4. The van der Waals surface area contributed by atoms with Gasteiger partial charge in [0.05, 0.1) is 17.8 Å². The fourth-order valence-electron chi connectivity index (χ4n) is 3.48. The molecule has 0 N–H and O–H groups in total. The molecule has 7 heteroatoms. The van der Waals surface area contributed by atoms with Gasteiger partial charge in [0, 0.05) is 25.1 Å². The smallest absolute Gasteiger partial charge is 0.338 e. The molecule has 2 aromatic rings. The maximum Gasteiger partial charge on any atom is 0.338 e. The van der Waals surface area contributed by atoms with Gasteiger partial charge in [-0.1, -0.05) is 36.4 Å². The Bertz CT molecular complexity index is 971. The highest BCUT2D eigenvalue weighted by atomic mass is 16.5. The summed E-state index contributed by atoms with van der Waals surface area (Å²) in [7, 11) is 0. The first kappa shape index (κ1) is 18.9. The first-order valence-electron chi connectivity index (χ1n) is 9.62. The van der Waals surface area contributed by atoms with Crippen LogP contribution in [0.3, 0.4) is 0 Å². The zero-order chi connectivity index (χ0) is 20.2. The number of carbonyl (C=O) groups excluding carboxylic acids is 3. The van der Waals surface area contributed by atoms with Crippen LogP contribution in [-0.2, 0) is 14.3 Å². The largest absolute Gasteiger partial charge is 0.452 e. The Morgan fingerprint density at radius 1 is 1.00 bits per heavy atom. The number of hydrazone groups is 1. The molecule has 2 heterocycles. The Morgan fingerprint density at radius 2 is 1.83 bits per heavy atom. The normalized spacial score (nSPS) is 16.1. The van der Waals surface area contributed by atoms with Gasteiger partial charge < -0.3 is 9.64 Å². The van der Waals surface area contributed by atoms with E-state index in [1.807, 2.05) is 30.3 Å². The highest BCUT2D eigenvalue weighted by Crippen LogP contribution is 2.22. The fourth-order valence-corrected chi connectivity index (χ4v) is 3.48. The lowest BCUT2D eigenvalue weighted by atomic mass is 10.1. The molecule has 0 atom stereocenters. The number of ether oxygens (including phenoxy) is 1. The highest BCUT2D eigenvalue weighted by molar-refractivity contribution is 6.03. The number of nitrogens with zero attached hydrogens (tertiary/aromatic N) is 3. The molecule has 29 heavy (non-hydrogen) atoms. The van der Waals surface area contributed by atoms with Crippen LogP contribution in [0.4, 0.5) is 5.69 Å². The van der Waals surface area contributed by atoms with Crippen LogP contribution in [0.1, 0.15) is 35.2 Å². The molecule has 2 aliphatic rings. The lowest BCUT2D eigenvalue weighted by molar-refractivity contribution is -0.134. The lowest BCUT2D eigenvalue weighted by Gasteiger charge is -2.16. The molecule has 2 aromatic carbocycles. The summed E-state index contributed by atoms with van der Waals surface area (Å²) in [5, 5.41) is 5.69. The molecule has 1 fully saturated rings. The second-order valence-electron chi connectivity index (χ2n) is 6.95. The van der Waals surface area contributed by atoms with Crippen molar-refractivity contribution in [1.82, 2.24) is 5.01 Å². The quantitative estimate of drug-likeness (QED) is 0.734. The molecule has 4 rings (SSSR count). The average Bonchev–Trinajstić information content (AvgIpc) is 3.42. The van der Waals surface area contributed by atoms with Crippen LogP contribution >= 0.6 is 0 Å². The Morgan fingerprint density at radius 3 is 2.59 bits per heavy atom. The molecule has 7 nitrogen and oxygen atoms in total. The van der Waals surface area contributed by atoms with E-state index in [-0.39, 0.29) is 18.4 Å². The monoisotopic (exact) mass is 391 g/mol. The Kier molecular flexibility index (Phi) is 5.37. The van der Waals surface area contributed by atoms with E-state index in [4.69, 9.17) is 4.74 Å². The number of esters is 1. The minimum Gasteiger partial charge on any atom is -0.452 e. The maximum absolute atomic E-state index is 12.4. The van der Waals surface area contributed by atoms with Crippen molar-refractivity contribution < 1.29 is 19.1 Å². The summed E-state index contributed by atoms with van der Waals surface area (Å²) in [6.07, 6.45) is 1.99. The van der Waals surface area contributed by atoms with Crippen LogP contribution in [-0.4, -0.2) is 48.2 Å². The van der Waals surface area contributed by atoms with Gasteiger partial charge in [0.25, 0.3) is 5.91 Å². The van der Waals surface area contributed by atoms with E-state index >= 15 is 0 Å². The molecule has 2 amide bonds. The molecule has 0 saturated carbocycles. The number of carbonyl (C=O) groups is 3. The third-order valence-electron chi connectivity index (χ3n) is 4.99. The van der Waals surface area contributed by atoms with Crippen molar-refractivity contribution in [2.75, 3.05) is 24.6 Å². The van der Waals surface area contributed by atoms with E-state index < -0.39 is 5.97 Å². The van der Waals surface area contributed by atoms with Crippen LogP contribution < -0.4 is 4.90 Å². The number of hydrogen-bond donors (Lipinski definition) is 0. The molecule has 148 valence electrons. The molecule has 0 aromatic heterocycles. The van der Waals surface area contributed by atoms with E-state index in [0.29, 0.717) is 37.2 Å². The number of hydrogen-bond acceptors (Lipinski definition) is 5. The van der Waals surface area contributed by atoms with Crippen molar-refractivity contribution in [1.29, 1.82) is 0 Å². The summed E-state index contributed by atoms with van der Waals surface area (Å²) >= 11 is 0. The number of anilines is 1. The van der Waals surface area contributed by atoms with Crippen molar-refractivity contribution in [3.8, 4) is 0 Å². The van der Waals surface area contributed by atoms with Crippen molar-refractivity contribution in [2.45, 2.75) is 19.3 Å². The topological polar surface area (TPSA) is 79.3 Å². The molecule has 1 saturated heterocycles. The van der Waals surface area contributed by atoms with Crippen molar-refractivity contribution in [2.24, 2.45) is 5.10 Å². The van der Waals surface area contributed by atoms with Crippen molar-refractivity contribution in [3.05, 3.63) is 65.7 Å². The summed E-state index contributed by atoms with van der Waals surface area (Å²) < 4.78 is 5.18. The number of benzene rings is 2. The summed E-state index contributed by atoms with van der Waals surface area (Å²) in [4.78, 5) is 38.3. The minimum atomic E-state index is -0.599. The summed E-state index contributed by atoms with van der Waals surface area (Å²) in [5.41, 5.74) is 2.80. The predicted molar refractivity (Wildman–Crippen MR) is 108 cm³/mol. The Balaban J connectivity index is 1.36. The summed E-state index contributed by atoms with van der Waals surface area (Å²) in [5.74, 6) is -0.916. The second kappa shape index (κ2) is 8.26. The Labute approximate surface area is 168 Å². The third kappa shape index (κ3) is 4.18. The van der Waals surface area contributed by atoms with Crippen LogP contribution in [0.15, 0.2) is 59.7 Å². The SMILES string of the molecule is O=C(OCC(=O)N1CCC(c2ccccc2)=N1)c1cccc(N2CCCC2=O)c1. The van der Waals surface area contributed by atoms with Gasteiger partial charge in [-0.25, -0.2) is 9.80 Å². The van der Waals surface area contributed by atoms with Crippen molar-refractivity contribution >= 4 is 29.2 Å². The molecule has 0 radical (unpaired) electrons. The zero-order valence-electron chi connectivity index (χ0n) is 15.9. The predicted octanol–water partition coefficient (Wildman–Crippen LogP) is 2.61. The van der Waals surface area contributed by atoms with Gasteiger partial charge in [-0.15, -0.1) is 0 Å². The standard InChI is InChI=1S/C22H21N3O4/c26-20-10-5-12-24(20)18-9-4-8-17(14-18)22(28)29-15-21(27)25-13-11-19(23-25)16-6-2-1-3-7-16/h1-4,6-9,14H,5,10-13,15H2. The van der Waals surface area contributed by atoms with Gasteiger partial charge in [0.15, 0.2) is 6.61 Å². The molecular formula is C22H21N3O4. The van der Waals surface area contributed by atoms with Gasteiger partial charge in [-0.2, -0.15) is 5.10 Å². The second-order valence-corrected chi connectivity index (χ2v) is 6.95. The van der Waals surface area contributed by atoms with E-state index in [2.05, 4.69) is 5.10 Å². The summed E-state index contributed by atoms with van der Waals surface area (Å²) in [6.45, 7) is 0.733. The van der Waals surface area contributed by atoms with Crippen LogP contribution in [0.2, 0.25) is 0 Å². The lowest BCUT2D eigenvalue weighted by Crippen LogP contribution is -2.29. The van der Waals surface area contributed by atoms with Gasteiger partial charge in [0.1, 0.15) is 0 Å². The molecule has 2 aliphatic heterocycles. The number of rotatable bonds is 5. The molecule has 0 aliphatic carbocycles. The van der Waals surface area contributed by atoms with Gasteiger partial charge in [0.2, 0.25) is 5.91 Å². The van der Waals surface area contributed by atoms with E-state index in [1.54, 1.807) is 29.2 Å². The van der Waals surface area contributed by atoms with Crippen LogP contribution in [0.25, 0.3) is 0 Å². The van der Waals surface area contributed by atoms with E-state index in [1.165, 1.54) is 5.01 Å². The Hall–Kier alpha value is -3.48. The maximum atomic E-state index is 12.4. The van der Waals surface area contributed by atoms with Crippen LogP contribution in [0.5, 0.6) is 0 Å². The van der Waals surface area contributed by atoms with Crippen molar-refractivity contribution in [3.63, 3.8) is 0 Å². The number of amides is 2.